The van der Waals surface area contributed by atoms with Gasteiger partial charge in [0.05, 0.1) is 11.9 Å². The Kier molecular flexibility index (Phi) is 7.35. The molecule has 1 N–H and O–H groups in total. The predicted molar refractivity (Wildman–Crippen MR) is 93.6 cm³/mol. The molecule has 1 aromatic rings. The van der Waals surface area contributed by atoms with Gasteiger partial charge >= 0.3 is 0 Å². The first-order valence-corrected chi connectivity index (χ1v) is 9.90. The highest BCUT2D eigenvalue weighted by Crippen LogP contribution is 2.25. The average molecular weight is 391 g/mol. The number of nitrogens with one attached hydrogen (secondary N) is 1. The van der Waals surface area contributed by atoms with Gasteiger partial charge in [0.2, 0.25) is 15.9 Å². The van der Waals surface area contributed by atoms with Crippen LogP contribution in [0.3, 0.4) is 0 Å². The molecule has 22 heavy (non-hydrogen) atoms. The summed E-state index contributed by atoms with van der Waals surface area (Å²) in [6, 6.07) is 5.35. The number of amides is 1. The summed E-state index contributed by atoms with van der Waals surface area (Å²) in [5.74, 6) is -0.131. The second kappa shape index (κ2) is 8.53. The lowest BCUT2D eigenvalue weighted by Gasteiger charge is -2.22. The van der Waals surface area contributed by atoms with Crippen LogP contribution in [0.15, 0.2) is 22.7 Å². The van der Waals surface area contributed by atoms with E-state index in [2.05, 4.69) is 21.2 Å². The van der Waals surface area contributed by atoms with Gasteiger partial charge in [0.1, 0.15) is 0 Å². The van der Waals surface area contributed by atoms with Crippen molar-refractivity contribution in [3.8, 4) is 0 Å². The van der Waals surface area contributed by atoms with E-state index < -0.39 is 10.0 Å². The molecule has 124 valence electrons. The highest BCUT2D eigenvalue weighted by atomic mass is 79.9. The van der Waals surface area contributed by atoms with E-state index in [1.165, 1.54) is 4.31 Å². The van der Waals surface area contributed by atoms with Gasteiger partial charge in [0.15, 0.2) is 0 Å². The minimum atomic E-state index is -3.44. The normalized spacial score (nSPS) is 11.3. The third kappa shape index (κ3) is 5.96. The maximum Gasteiger partial charge on any atom is 0.232 e. The van der Waals surface area contributed by atoms with E-state index in [4.69, 9.17) is 0 Å². The Morgan fingerprint density at radius 3 is 2.59 bits per heavy atom. The number of anilines is 1. The van der Waals surface area contributed by atoms with Gasteiger partial charge in [-0.2, -0.15) is 0 Å². The zero-order valence-corrected chi connectivity index (χ0v) is 15.6. The van der Waals surface area contributed by atoms with Crippen LogP contribution < -0.4 is 9.62 Å². The molecule has 1 aromatic carbocycles. The molecule has 0 fully saturated rings. The van der Waals surface area contributed by atoms with Crippen LogP contribution in [0.2, 0.25) is 0 Å². The zero-order valence-electron chi connectivity index (χ0n) is 13.2. The number of halogens is 1. The van der Waals surface area contributed by atoms with Crippen LogP contribution in [0.1, 0.15) is 31.7 Å². The van der Waals surface area contributed by atoms with Crippen molar-refractivity contribution in [2.45, 2.75) is 33.1 Å². The van der Waals surface area contributed by atoms with Gasteiger partial charge in [0.25, 0.3) is 0 Å². The summed E-state index contributed by atoms with van der Waals surface area (Å²) in [7, 11) is -3.44. The third-order valence-electron chi connectivity index (χ3n) is 3.24. The summed E-state index contributed by atoms with van der Waals surface area (Å²) in [5.41, 5.74) is 1.58. The standard InChI is InChI=1S/C15H23BrN2O3S/c1-4-5-9-17-15(19)8-10-18(22(3,20)21)13-7-6-12(2)14(16)11-13/h6-7,11H,4-5,8-10H2,1-3H3,(H,17,19). The molecule has 5 nitrogen and oxygen atoms in total. The van der Waals surface area contributed by atoms with Gasteiger partial charge in [-0.05, 0) is 31.0 Å². The van der Waals surface area contributed by atoms with E-state index in [1.54, 1.807) is 12.1 Å². The minimum absolute atomic E-state index is 0.131. The number of hydrogen-bond donors (Lipinski definition) is 1. The molecule has 0 bridgehead atoms. The summed E-state index contributed by atoms with van der Waals surface area (Å²) < 4.78 is 26.1. The number of rotatable bonds is 8. The summed E-state index contributed by atoms with van der Waals surface area (Å²) in [6.07, 6.45) is 3.22. The van der Waals surface area contributed by atoms with Crippen LogP contribution in [0.4, 0.5) is 5.69 Å². The van der Waals surface area contributed by atoms with Gasteiger partial charge < -0.3 is 5.32 Å². The van der Waals surface area contributed by atoms with Crippen molar-refractivity contribution < 1.29 is 13.2 Å². The molecule has 0 saturated heterocycles. The Balaban J connectivity index is 2.78. The van der Waals surface area contributed by atoms with Gasteiger partial charge in [-0.15, -0.1) is 0 Å². The SMILES string of the molecule is CCCCNC(=O)CCN(c1ccc(C)c(Br)c1)S(C)(=O)=O. The summed E-state index contributed by atoms with van der Waals surface area (Å²) in [5, 5.41) is 2.79. The van der Waals surface area contributed by atoms with Crippen LogP contribution in [0, 0.1) is 6.92 Å². The van der Waals surface area contributed by atoms with E-state index in [-0.39, 0.29) is 18.9 Å². The quantitative estimate of drug-likeness (QED) is 0.693. The summed E-state index contributed by atoms with van der Waals surface area (Å²) in [4.78, 5) is 11.8. The first-order valence-electron chi connectivity index (χ1n) is 7.26. The number of benzene rings is 1. The maximum atomic E-state index is 12.0. The van der Waals surface area contributed by atoms with Crippen LogP contribution in [-0.2, 0) is 14.8 Å². The van der Waals surface area contributed by atoms with E-state index in [1.807, 2.05) is 19.9 Å². The molecule has 0 aromatic heterocycles. The van der Waals surface area contributed by atoms with E-state index >= 15 is 0 Å². The minimum Gasteiger partial charge on any atom is -0.356 e. The Hall–Kier alpha value is -1.08. The average Bonchev–Trinajstić information content (AvgIpc) is 2.41. The predicted octanol–water partition coefficient (Wildman–Crippen LogP) is 2.83. The van der Waals surface area contributed by atoms with Crippen LogP contribution in [0.25, 0.3) is 0 Å². The third-order valence-corrected chi connectivity index (χ3v) is 5.29. The van der Waals surface area contributed by atoms with Gasteiger partial charge in [-0.3, -0.25) is 9.10 Å². The van der Waals surface area contributed by atoms with E-state index in [0.717, 1.165) is 29.1 Å². The number of carbonyl (C=O) groups excluding carboxylic acids is 1. The molecule has 0 radical (unpaired) electrons. The molecule has 0 atom stereocenters. The van der Waals surface area contributed by atoms with Crippen molar-refractivity contribution in [3.05, 3.63) is 28.2 Å². The highest BCUT2D eigenvalue weighted by Gasteiger charge is 2.19. The lowest BCUT2D eigenvalue weighted by Crippen LogP contribution is -2.34. The van der Waals surface area contributed by atoms with Crippen molar-refractivity contribution in [2.24, 2.45) is 0 Å². The smallest absolute Gasteiger partial charge is 0.232 e. The van der Waals surface area contributed by atoms with E-state index in [9.17, 15) is 13.2 Å². The van der Waals surface area contributed by atoms with Gasteiger partial charge in [-0.1, -0.05) is 35.3 Å². The first-order chi connectivity index (χ1) is 10.3. The Morgan fingerprint density at radius 2 is 2.05 bits per heavy atom. The fourth-order valence-electron chi connectivity index (χ4n) is 1.92. The molecule has 1 rings (SSSR count). The van der Waals surface area contributed by atoms with Crippen molar-refractivity contribution in [1.82, 2.24) is 5.32 Å². The molecular formula is C15H23BrN2O3S. The van der Waals surface area contributed by atoms with Gasteiger partial charge in [0, 0.05) is 24.0 Å². The molecule has 0 aliphatic rings. The second-order valence-corrected chi connectivity index (χ2v) is 7.98. The molecule has 0 aliphatic heterocycles. The monoisotopic (exact) mass is 390 g/mol. The fraction of sp³-hybridized carbons (Fsp3) is 0.533. The lowest BCUT2D eigenvalue weighted by atomic mass is 10.2. The Bertz CT molecular complexity index is 617. The molecular weight excluding hydrogens is 368 g/mol. The topological polar surface area (TPSA) is 66.5 Å². The first kappa shape index (κ1) is 19.0. The number of unbranched alkanes of at least 4 members (excludes halogenated alkanes) is 1. The van der Waals surface area contributed by atoms with Crippen molar-refractivity contribution >= 4 is 37.5 Å². The van der Waals surface area contributed by atoms with Crippen LogP contribution in [-0.4, -0.2) is 33.7 Å². The maximum absolute atomic E-state index is 12.0. The lowest BCUT2D eigenvalue weighted by molar-refractivity contribution is -0.120. The molecule has 0 saturated carbocycles. The molecule has 0 aliphatic carbocycles. The van der Waals surface area contributed by atoms with E-state index in [0.29, 0.717) is 12.2 Å². The molecule has 0 heterocycles. The largest absolute Gasteiger partial charge is 0.356 e. The molecule has 1 amide bonds. The molecule has 0 unspecified atom stereocenters. The number of carbonyl (C=O) groups is 1. The van der Waals surface area contributed by atoms with Crippen LogP contribution >= 0.6 is 15.9 Å². The fourth-order valence-corrected chi connectivity index (χ4v) is 3.21. The van der Waals surface area contributed by atoms with Crippen LogP contribution in [0.5, 0.6) is 0 Å². The summed E-state index contributed by atoms with van der Waals surface area (Å²) >= 11 is 3.40. The van der Waals surface area contributed by atoms with Crippen molar-refractivity contribution in [2.75, 3.05) is 23.7 Å². The van der Waals surface area contributed by atoms with Gasteiger partial charge in [-0.25, -0.2) is 8.42 Å². The Labute approximate surface area is 141 Å². The van der Waals surface area contributed by atoms with Crippen molar-refractivity contribution in [1.29, 1.82) is 0 Å². The second-order valence-electron chi connectivity index (χ2n) is 5.22. The number of sulfonamides is 1. The Morgan fingerprint density at radius 1 is 1.36 bits per heavy atom. The number of aryl methyl sites for hydroxylation is 1. The molecule has 0 spiro atoms. The van der Waals surface area contributed by atoms with Crippen molar-refractivity contribution in [3.63, 3.8) is 0 Å². The molecule has 7 heteroatoms. The highest BCUT2D eigenvalue weighted by molar-refractivity contribution is 9.10. The summed E-state index contributed by atoms with van der Waals surface area (Å²) in [6.45, 7) is 4.74. The zero-order chi connectivity index (χ0) is 16.8. The number of nitrogens with zero attached hydrogens (tertiary/aromatic N) is 1. The number of hydrogen-bond acceptors (Lipinski definition) is 3.